The first-order valence-electron chi connectivity index (χ1n) is 9.26. The molecule has 7 nitrogen and oxygen atoms in total. The number of hydrogen-bond donors (Lipinski definition) is 1. The van der Waals surface area contributed by atoms with Crippen LogP contribution in [0.2, 0.25) is 0 Å². The van der Waals surface area contributed by atoms with Crippen molar-refractivity contribution in [2.24, 2.45) is 11.8 Å². The van der Waals surface area contributed by atoms with Crippen molar-refractivity contribution in [3.63, 3.8) is 0 Å². The summed E-state index contributed by atoms with van der Waals surface area (Å²) in [6.07, 6.45) is 1.19. The minimum atomic E-state index is -3.57. The number of piperidine rings is 1. The van der Waals surface area contributed by atoms with Gasteiger partial charge < -0.3 is 10.2 Å². The summed E-state index contributed by atoms with van der Waals surface area (Å²) in [4.78, 5) is 16.8. The third-order valence-corrected chi connectivity index (χ3v) is 6.63. The van der Waals surface area contributed by atoms with E-state index in [1.54, 1.807) is 12.1 Å². The van der Waals surface area contributed by atoms with Crippen LogP contribution in [0.15, 0.2) is 23.1 Å². The number of carbonyl (C=O) groups is 1. The Kier molecular flexibility index (Phi) is 6.88. The fourth-order valence-electron chi connectivity index (χ4n) is 3.69. The van der Waals surface area contributed by atoms with E-state index >= 15 is 0 Å². The molecular formula is C19H32N4O3S. The number of rotatable bonds is 6. The third kappa shape index (κ3) is 5.43. The van der Waals surface area contributed by atoms with E-state index in [0.29, 0.717) is 24.1 Å². The number of carbonyl (C=O) groups excluding carboxylic acids is 1. The first kappa shape index (κ1) is 21.7. The van der Waals surface area contributed by atoms with Crippen molar-refractivity contribution in [3.05, 3.63) is 18.2 Å². The van der Waals surface area contributed by atoms with E-state index in [2.05, 4.69) is 24.1 Å². The maximum Gasteiger partial charge on any atom is 0.242 e. The van der Waals surface area contributed by atoms with Crippen LogP contribution in [0, 0.1) is 11.8 Å². The molecule has 1 saturated heterocycles. The average Bonchev–Trinajstić information content (AvgIpc) is 2.53. The molecule has 0 spiro atoms. The highest BCUT2D eigenvalue weighted by atomic mass is 32.2. The lowest BCUT2D eigenvalue weighted by atomic mass is 9.92. The molecule has 1 aliphatic rings. The predicted molar refractivity (Wildman–Crippen MR) is 110 cm³/mol. The summed E-state index contributed by atoms with van der Waals surface area (Å²) in [5.41, 5.74) is 1.27. The Morgan fingerprint density at radius 3 is 2.26 bits per heavy atom. The van der Waals surface area contributed by atoms with Crippen LogP contribution in [0.25, 0.3) is 0 Å². The summed E-state index contributed by atoms with van der Waals surface area (Å²) < 4.78 is 26.0. The van der Waals surface area contributed by atoms with E-state index in [1.807, 2.05) is 19.0 Å². The largest absolute Gasteiger partial charge is 0.376 e. The maximum absolute atomic E-state index is 12.6. The zero-order chi connectivity index (χ0) is 20.4. The average molecular weight is 397 g/mol. The summed E-state index contributed by atoms with van der Waals surface area (Å²) in [5, 5.41) is 2.92. The summed E-state index contributed by atoms with van der Waals surface area (Å²) in [7, 11) is 3.14. The van der Waals surface area contributed by atoms with Crippen LogP contribution >= 0.6 is 0 Å². The van der Waals surface area contributed by atoms with Gasteiger partial charge in [0.1, 0.15) is 0 Å². The van der Waals surface area contributed by atoms with Crippen molar-refractivity contribution in [2.75, 3.05) is 58.0 Å². The summed E-state index contributed by atoms with van der Waals surface area (Å²) >= 11 is 0. The van der Waals surface area contributed by atoms with Crippen LogP contribution in [0.1, 0.15) is 20.3 Å². The lowest BCUT2D eigenvalue weighted by molar-refractivity contribution is -0.117. The number of hydrogen-bond acceptors (Lipinski definition) is 5. The van der Waals surface area contributed by atoms with Crippen LogP contribution in [-0.2, 0) is 14.8 Å². The molecule has 1 N–H and O–H groups in total. The molecule has 27 heavy (non-hydrogen) atoms. The normalized spacial score (nSPS) is 21.3. The predicted octanol–water partition coefficient (Wildman–Crippen LogP) is 1.92. The van der Waals surface area contributed by atoms with Crippen LogP contribution < -0.4 is 10.2 Å². The smallest absolute Gasteiger partial charge is 0.242 e. The standard InChI is InChI=1S/C19H32N4O3S/c1-14-9-15(2)12-23(11-14)13-19(24)20-17-10-16(27(25,26)22(5)6)7-8-18(17)21(3)4/h7-8,10,14-15H,9,11-13H2,1-6H3,(H,20,24)/t14-,15-/m0/s1. The van der Waals surface area contributed by atoms with Gasteiger partial charge in [-0.15, -0.1) is 0 Å². The van der Waals surface area contributed by atoms with Crippen LogP contribution in [-0.4, -0.2) is 71.4 Å². The van der Waals surface area contributed by atoms with E-state index in [-0.39, 0.29) is 10.8 Å². The zero-order valence-corrected chi connectivity index (χ0v) is 18.0. The maximum atomic E-state index is 12.6. The van der Waals surface area contributed by atoms with Crippen LogP contribution in [0.5, 0.6) is 0 Å². The van der Waals surface area contributed by atoms with Crippen molar-refractivity contribution in [1.29, 1.82) is 0 Å². The van der Waals surface area contributed by atoms with Gasteiger partial charge in [-0.1, -0.05) is 13.8 Å². The Morgan fingerprint density at radius 1 is 1.15 bits per heavy atom. The molecule has 0 radical (unpaired) electrons. The molecule has 0 aliphatic carbocycles. The lowest BCUT2D eigenvalue weighted by Gasteiger charge is -2.34. The molecule has 0 unspecified atom stereocenters. The molecular weight excluding hydrogens is 364 g/mol. The Hall–Kier alpha value is -1.64. The fraction of sp³-hybridized carbons (Fsp3) is 0.632. The molecule has 1 aromatic rings. The topological polar surface area (TPSA) is 73.0 Å². The van der Waals surface area contributed by atoms with Gasteiger partial charge in [0, 0.05) is 41.3 Å². The Bertz CT molecular complexity index is 767. The number of nitrogens with zero attached hydrogens (tertiary/aromatic N) is 3. The summed E-state index contributed by atoms with van der Waals surface area (Å²) in [6.45, 7) is 6.55. The highest BCUT2D eigenvalue weighted by molar-refractivity contribution is 7.89. The van der Waals surface area contributed by atoms with Crippen molar-refractivity contribution < 1.29 is 13.2 Å². The monoisotopic (exact) mass is 396 g/mol. The minimum absolute atomic E-state index is 0.126. The van der Waals surface area contributed by atoms with Gasteiger partial charge in [0.05, 0.1) is 22.8 Å². The Morgan fingerprint density at radius 2 is 1.74 bits per heavy atom. The van der Waals surface area contributed by atoms with Crippen molar-refractivity contribution in [1.82, 2.24) is 9.21 Å². The van der Waals surface area contributed by atoms with Crippen molar-refractivity contribution >= 4 is 27.3 Å². The molecule has 2 atom stereocenters. The fourth-order valence-corrected chi connectivity index (χ4v) is 4.62. The number of likely N-dealkylation sites (tertiary alicyclic amines) is 1. The van der Waals surface area contributed by atoms with Gasteiger partial charge in [0.2, 0.25) is 15.9 Å². The van der Waals surface area contributed by atoms with Gasteiger partial charge in [0.25, 0.3) is 0 Å². The highest BCUT2D eigenvalue weighted by Crippen LogP contribution is 2.29. The van der Waals surface area contributed by atoms with Crippen molar-refractivity contribution in [3.8, 4) is 0 Å². The van der Waals surface area contributed by atoms with Gasteiger partial charge in [-0.2, -0.15) is 0 Å². The van der Waals surface area contributed by atoms with Gasteiger partial charge in [-0.25, -0.2) is 12.7 Å². The molecule has 2 rings (SSSR count). The number of anilines is 2. The van der Waals surface area contributed by atoms with Crippen molar-refractivity contribution in [2.45, 2.75) is 25.2 Å². The molecule has 1 amide bonds. The van der Waals surface area contributed by atoms with E-state index in [9.17, 15) is 13.2 Å². The molecule has 1 aromatic carbocycles. The van der Waals surface area contributed by atoms with Gasteiger partial charge in [-0.3, -0.25) is 9.69 Å². The molecule has 0 saturated carbocycles. The van der Waals surface area contributed by atoms with Crippen LogP contribution in [0.3, 0.4) is 0 Å². The Balaban J connectivity index is 2.21. The first-order chi connectivity index (χ1) is 12.5. The molecule has 1 aliphatic heterocycles. The quantitative estimate of drug-likeness (QED) is 0.795. The number of sulfonamides is 1. The molecule has 8 heteroatoms. The van der Waals surface area contributed by atoms with Crippen LogP contribution in [0.4, 0.5) is 11.4 Å². The highest BCUT2D eigenvalue weighted by Gasteiger charge is 2.24. The summed E-state index contributed by atoms with van der Waals surface area (Å²) in [5.74, 6) is 1.03. The SMILES string of the molecule is C[C@H]1C[C@H](C)CN(CC(=O)Nc2cc(S(=O)(=O)N(C)C)ccc2N(C)C)C1. The third-order valence-electron chi connectivity index (χ3n) is 4.81. The van der Waals surface area contributed by atoms with E-state index in [4.69, 9.17) is 0 Å². The summed E-state index contributed by atoms with van der Waals surface area (Å²) in [6, 6.07) is 4.81. The number of nitrogens with one attached hydrogen (secondary N) is 1. The second kappa shape index (κ2) is 8.58. The van der Waals surface area contributed by atoms with Gasteiger partial charge >= 0.3 is 0 Å². The minimum Gasteiger partial charge on any atom is -0.376 e. The second-order valence-electron chi connectivity index (χ2n) is 8.05. The van der Waals surface area contributed by atoms with E-state index in [0.717, 1.165) is 18.8 Å². The van der Waals surface area contributed by atoms with E-state index in [1.165, 1.54) is 30.9 Å². The second-order valence-corrected chi connectivity index (χ2v) is 10.2. The zero-order valence-electron chi connectivity index (χ0n) is 17.2. The molecule has 0 aromatic heterocycles. The molecule has 0 bridgehead atoms. The van der Waals surface area contributed by atoms with Gasteiger partial charge in [-0.05, 0) is 36.5 Å². The molecule has 1 fully saturated rings. The molecule has 1 heterocycles. The first-order valence-corrected chi connectivity index (χ1v) is 10.7. The lowest BCUT2D eigenvalue weighted by Crippen LogP contribution is -2.42. The van der Waals surface area contributed by atoms with Gasteiger partial charge in [0.15, 0.2) is 0 Å². The number of amides is 1. The number of benzene rings is 1. The molecule has 152 valence electrons. The van der Waals surface area contributed by atoms with E-state index < -0.39 is 10.0 Å². The Labute approximate surface area is 163 Å².